The highest BCUT2D eigenvalue weighted by Gasteiger charge is 2.26. The van der Waals surface area contributed by atoms with Crippen LogP contribution in [0.1, 0.15) is 44.0 Å². The summed E-state index contributed by atoms with van der Waals surface area (Å²) in [5.74, 6) is -1.41. The van der Waals surface area contributed by atoms with Crippen LogP contribution < -0.4 is 10.6 Å². The summed E-state index contributed by atoms with van der Waals surface area (Å²) in [6.45, 7) is 5.92. The van der Waals surface area contributed by atoms with E-state index in [1.807, 2.05) is 6.92 Å². The highest BCUT2D eigenvalue weighted by atomic mass is 16.6. The first-order valence-electron chi connectivity index (χ1n) is 8.19. The Bertz CT molecular complexity index is 672. The minimum Gasteiger partial charge on any atom is -0.354 e. The average Bonchev–Trinajstić information content (AvgIpc) is 2.58. The van der Waals surface area contributed by atoms with E-state index < -0.39 is 33.2 Å². The van der Waals surface area contributed by atoms with Crippen molar-refractivity contribution < 1.29 is 19.4 Å². The predicted octanol–water partition coefficient (Wildman–Crippen LogP) is 2.17. The quantitative estimate of drug-likeness (QED) is 0.389. The first-order chi connectivity index (χ1) is 12.2. The second kappa shape index (κ2) is 9.44. The molecule has 0 aliphatic carbocycles. The Labute approximate surface area is 150 Å². The van der Waals surface area contributed by atoms with Crippen LogP contribution in [0.5, 0.6) is 0 Å². The lowest BCUT2D eigenvalue weighted by atomic mass is 10.0. The summed E-state index contributed by atoms with van der Waals surface area (Å²) in [6, 6.07) is 1.79. The van der Waals surface area contributed by atoms with E-state index in [1.54, 1.807) is 13.8 Å². The van der Waals surface area contributed by atoms with E-state index in [4.69, 9.17) is 0 Å². The summed E-state index contributed by atoms with van der Waals surface area (Å²) >= 11 is 0. The van der Waals surface area contributed by atoms with Gasteiger partial charge >= 0.3 is 0 Å². The lowest BCUT2D eigenvalue weighted by molar-refractivity contribution is -0.394. The molecule has 1 unspecified atom stereocenters. The summed E-state index contributed by atoms with van der Waals surface area (Å²) in [5.41, 5.74) is -1.39. The molecule has 1 aromatic rings. The summed E-state index contributed by atoms with van der Waals surface area (Å²) in [5, 5.41) is 27.1. The van der Waals surface area contributed by atoms with Crippen molar-refractivity contribution in [2.75, 3.05) is 6.54 Å². The van der Waals surface area contributed by atoms with Gasteiger partial charge < -0.3 is 10.6 Å². The van der Waals surface area contributed by atoms with Gasteiger partial charge in [-0.25, -0.2) is 0 Å². The number of nitrogens with one attached hydrogen (secondary N) is 2. The fraction of sp³-hybridized carbons (Fsp3) is 0.500. The minimum absolute atomic E-state index is 0.241. The van der Waals surface area contributed by atoms with Crippen molar-refractivity contribution >= 4 is 23.2 Å². The molecule has 2 N–H and O–H groups in total. The number of unbranched alkanes of at least 4 members (excludes halogenated alkanes) is 1. The van der Waals surface area contributed by atoms with Crippen LogP contribution in [0.25, 0.3) is 0 Å². The smallest absolute Gasteiger partial charge is 0.277 e. The van der Waals surface area contributed by atoms with Crippen LogP contribution in [-0.2, 0) is 4.79 Å². The van der Waals surface area contributed by atoms with Gasteiger partial charge in [0.15, 0.2) is 0 Å². The molecule has 2 amide bonds. The van der Waals surface area contributed by atoms with Gasteiger partial charge in [0, 0.05) is 18.7 Å². The van der Waals surface area contributed by atoms with Gasteiger partial charge in [-0.2, -0.15) is 0 Å². The largest absolute Gasteiger partial charge is 0.354 e. The molecule has 0 fully saturated rings. The van der Waals surface area contributed by atoms with E-state index in [2.05, 4.69) is 10.6 Å². The second-order valence-corrected chi connectivity index (χ2v) is 6.09. The van der Waals surface area contributed by atoms with Crippen LogP contribution in [0.2, 0.25) is 0 Å². The van der Waals surface area contributed by atoms with Crippen LogP contribution >= 0.6 is 0 Å². The standard InChI is InChI=1S/C16H22N4O6/c1-4-5-6-17-16(22)14(10(2)3)18-15(21)11-7-12(19(23)24)9-13(8-11)20(25)26/h7-10,14H,4-6H2,1-3H3,(H,17,22)(H,18,21). The van der Waals surface area contributed by atoms with Gasteiger partial charge in [-0.05, 0) is 12.3 Å². The van der Waals surface area contributed by atoms with Gasteiger partial charge in [0.25, 0.3) is 17.3 Å². The van der Waals surface area contributed by atoms with Crippen LogP contribution in [0.15, 0.2) is 18.2 Å². The summed E-state index contributed by atoms with van der Waals surface area (Å²) in [6.07, 6.45) is 1.69. The Kier molecular flexibility index (Phi) is 7.63. The Morgan fingerprint density at radius 2 is 1.62 bits per heavy atom. The maximum Gasteiger partial charge on any atom is 0.277 e. The Hall–Kier alpha value is -3.04. The number of hydrogen-bond donors (Lipinski definition) is 2. The molecule has 10 nitrogen and oxygen atoms in total. The number of amides is 2. The lowest BCUT2D eigenvalue weighted by Gasteiger charge is -2.21. The number of non-ortho nitro benzene ring substituents is 2. The minimum atomic E-state index is -0.863. The van der Waals surface area contributed by atoms with Crippen molar-refractivity contribution in [1.82, 2.24) is 10.6 Å². The molecule has 0 aliphatic heterocycles. The molecule has 0 bridgehead atoms. The lowest BCUT2D eigenvalue weighted by Crippen LogP contribution is -2.49. The zero-order valence-electron chi connectivity index (χ0n) is 14.9. The van der Waals surface area contributed by atoms with Crippen LogP contribution in [0.3, 0.4) is 0 Å². The molecule has 0 radical (unpaired) electrons. The zero-order chi connectivity index (χ0) is 19.9. The SMILES string of the molecule is CCCCNC(=O)C(NC(=O)c1cc([N+](=O)[O-])cc([N+](=O)[O-])c1)C(C)C. The topological polar surface area (TPSA) is 144 Å². The molecular weight excluding hydrogens is 344 g/mol. The number of carbonyl (C=O) groups excluding carboxylic acids is 2. The molecule has 1 rings (SSSR count). The van der Waals surface area contributed by atoms with Gasteiger partial charge in [-0.15, -0.1) is 0 Å². The van der Waals surface area contributed by atoms with Gasteiger partial charge in [0.2, 0.25) is 5.91 Å². The number of rotatable bonds is 9. The van der Waals surface area contributed by atoms with Gasteiger partial charge in [0.05, 0.1) is 21.5 Å². The van der Waals surface area contributed by atoms with Crippen molar-refractivity contribution in [3.63, 3.8) is 0 Å². The average molecular weight is 366 g/mol. The molecular formula is C16H22N4O6. The first-order valence-corrected chi connectivity index (χ1v) is 8.19. The Morgan fingerprint density at radius 1 is 1.08 bits per heavy atom. The van der Waals surface area contributed by atoms with Crippen LogP contribution in [-0.4, -0.2) is 34.2 Å². The van der Waals surface area contributed by atoms with Gasteiger partial charge in [-0.3, -0.25) is 29.8 Å². The normalized spacial score (nSPS) is 11.7. The summed E-state index contributed by atoms with van der Waals surface area (Å²) in [7, 11) is 0. The maximum absolute atomic E-state index is 12.4. The summed E-state index contributed by atoms with van der Waals surface area (Å²) < 4.78 is 0. The van der Waals surface area contributed by atoms with Crippen molar-refractivity contribution in [1.29, 1.82) is 0 Å². The molecule has 142 valence electrons. The summed E-state index contributed by atoms with van der Waals surface area (Å²) in [4.78, 5) is 44.9. The number of nitro benzene ring substituents is 2. The zero-order valence-corrected chi connectivity index (χ0v) is 14.9. The molecule has 1 aromatic carbocycles. The molecule has 0 spiro atoms. The monoisotopic (exact) mass is 366 g/mol. The van der Waals surface area contributed by atoms with E-state index >= 15 is 0 Å². The second-order valence-electron chi connectivity index (χ2n) is 6.09. The third-order valence-corrected chi connectivity index (χ3v) is 3.65. The molecule has 26 heavy (non-hydrogen) atoms. The third-order valence-electron chi connectivity index (χ3n) is 3.65. The van der Waals surface area contributed by atoms with Crippen LogP contribution in [0.4, 0.5) is 11.4 Å². The maximum atomic E-state index is 12.4. The molecule has 0 saturated carbocycles. The molecule has 0 aliphatic rings. The third kappa shape index (κ3) is 5.80. The molecule has 0 aromatic heterocycles. The van der Waals surface area contributed by atoms with Crippen molar-refractivity contribution in [3.8, 4) is 0 Å². The molecule has 0 heterocycles. The van der Waals surface area contributed by atoms with E-state index in [1.165, 1.54) is 0 Å². The van der Waals surface area contributed by atoms with E-state index in [0.29, 0.717) is 6.54 Å². The van der Waals surface area contributed by atoms with Gasteiger partial charge in [-0.1, -0.05) is 27.2 Å². The van der Waals surface area contributed by atoms with Crippen molar-refractivity contribution in [2.24, 2.45) is 5.92 Å². The van der Waals surface area contributed by atoms with E-state index in [0.717, 1.165) is 31.0 Å². The number of nitrogens with zero attached hydrogens (tertiary/aromatic N) is 2. The van der Waals surface area contributed by atoms with Crippen molar-refractivity contribution in [2.45, 2.75) is 39.7 Å². The van der Waals surface area contributed by atoms with Gasteiger partial charge in [0.1, 0.15) is 6.04 Å². The Morgan fingerprint density at radius 3 is 2.04 bits per heavy atom. The van der Waals surface area contributed by atoms with Crippen molar-refractivity contribution in [3.05, 3.63) is 44.0 Å². The van der Waals surface area contributed by atoms with E-state index in [9.17, 15) is 29.8 Å². The first kappa shape index (κ1) is 21.0. The number of benzene rings is 1. The predicted molar refractivity (Wildman–Crippen MR) is 93.8 cm³/mol. The van der Waals surface area contributed by atoms with E-state index in [-0.39, 0.29) is 17.4 Å². The highest BCUT2D eigenvalue weighted by molar-refractivity contribution is 5.98. The molecule has 1 atom stereocenters. The highest BCUT2D eigenvalue weighted by Crippen LogP contribution is 2.23. The Balaban J connectivity index is 3.04. The fourth-order valence-electron chi connectivity index (χ4n) is 2.19. The number of nitro groups is 2. The molecule has 0 saturated heterocycles. The number of carbonyl (C=O) groups is 2. The molecule has 10 heteroatoms. The fourth-order valence-corrected chi connectivity index (χ4v) is 2.19. The van der Waals surface area contributed by atoms with Crippen LogP contribution in [0, 0.1) is 26.1 Å². The number of hydrogen-bond acceptors (Lipinski definition) is 6.